The molecule has 1 amide bonds. The molecule has 2 aromatic rings. The lowest BCUT2D eigenvalue weighted by molar-refractivity contribution is -0.384. The van der Waals surface area contributed by atoms with Crippen molar-refractivity contribution >= 4 is 28.4 Å². The Morgan fingerprint density at radius 3 is 2.61 bits per heavy atom. The van der Waals surface area contributed by atoms with Crippen LogP contribution < -0.4 is 9.47 Å². The van der Waals surface area contributed by atoms with Crippen LogP contribution >= 0.6 is 11.8 Å². The largest absolute Gasteiger partial charge is 0.493 e. The second-order valence-corrected chi connectivity index (χ2v) is 6.81. The molecule has 28 heavy (non-hydrogen) atoms. The summed E-state index contributed by atoms with van der Waals surface area (Å²) in [6.45, 7) is 2.67. The van der Waals surface area contributed by atoms with Crippen LogP contribution in [-0.2, 0) is 6.54 Å². The maximum Gasteiger partial charge on any atom is 0.302 e. The van der Waals surface area contributed by atoms with Crippen LogP contribution in [0.4, 0.5) is 10.5 Å². The molecule has 0 aromatic heterocycles. The number of amides is 1. The Hall–Kier alpha value is -3.07. The zero-order chi connectivity index (χ0) is 20.1. The third-order valence-corrected chi connectivity index (χ3v) is 4.94. The normalized spacial score (nSPS) is 13.9. The number of hydrazone groups is 1. The molecule has 3 rings (SSSR count). The summed E-state index contributed by atoms with van der Waals surface area (Å²) >= 11 is 1.16. The predicted octanol–water partition coefficient (Wildman–Crippen LogP) is 4.08. The van der Waals surface area contributed by atoms with Gasteiger partial charge in [-0.2, -0.15) is 5.10 Å². The van der Waals surface area contributed by atoms with Gasteiger partial charge in [0.25, 0.3) is 5.69 Å². The Balaban J connectivity index is 1.82. The number of benzene rings is 2. The van der Waals surface area contributed by atoms with Crippen LogP contribution in [0, 0.1) is 10.1 Å². The number of ether oxygens (including phenoxy) is 2. The highest BCUT2D eigenvalue weighted by Gasteiger charge is 2.23. The van der Waals surface area contributed by atoms with E-state index in [1.54, 1.807) is 19.2 Å². The van der Waals surface area contributed by atoms with E-state index in [1.165, 1.54) is 17.1 Å². The van der Waals surface area contributed by atoms with E-state index in [4.69, 9.17) is 9.47 Å². The zero-order valence-electron chi connectivity index (χ0n) is 15.5. The highest BCUT2D eigenvalue weighted by atomic mass is 32.2. The number of carbonyl (C=O) groups is 1. The van der Waals surface area contributed by atoms with E-state index in [1.807, 2.05) is 25.1 Å². The van der Waals surface area contributed by atoms with Gasteiger partial charge in [-0.25, -0.2) is 5.01 Å². The first-order chi connectivity index (χ1) is 13.5. The molecule has 0 saturated carbocycles. The number of methoxy groups -OCH3 is 1. The van der Waals surface area contributed by atoms with Crippen molar-refractivity contribution in [3.8, 4) is 11.5 Å². The van der Waals surface area contributed by atoms with Gasteiger partial charge in [-0.05, 0) is 30.7 Å². The maximum absolute atomic E-state index is 12.2. The standard InChI is InChI=1S/C19H19N3O5S/c1-3-27-17-9-6-14(10-18(17)26-2)16-12-28-19(23)21(20-16)11-13-4-7-15(8-5-13)22(24)25/h4-10H,3,11-12H2,1-2H3. The first-order valence-corrected chi connectivity index (χ1v) is 9.56. The highest BCUT2D eigenvalue weighted by molar-refractivity contribution is 8.14. The van der Waals surface area contributed by atoms with E-state index in [0.29, 0.717) is 23.9 Å². The molecular formula is C19H19N3O5S. The fourth-order valence-corrected chi connectivity index (χ4v) is 3.42. The average molecular weight is 401 g/mol. The number of carbonyl (C=O) groups excluding carboxylic acids is 1. The number of nitro groups is 1. The molecule has 0 aliphatic carbocycles. The van der Waals surface area contributed by atoms with Crippen LogP contribution in [0.2, 0.25) is 0 Å². The molecule has 2 aromatic carbocycles. The highest BCUT2D eigenvalue weighted by Crippen LogP contribution is 2.30. The Morgan fingerprint density at radius 2 is 1.96 bits per heavy atom. The van der Waals surface area contributed by atoms with Crippen LogP contribution in [-0.4, -0.2) is 40.4 Å². The molecule has 1 aliphatic rings. The topological polar surface area (TPSA) is 94.3 Å². The molecule has 146 valence electrons. The van der Waals surface area contributed by atoms with Crippen molar-refractivity contribution in [3.63, 3.8) is 0 Å². The van der Waals surface area contributed by atoms with Crippen LogP contribution in [0.3, 0.4) is 0 Å². The van der Waals surface area contributed by atoms with Gasteiger partial charge < -0.3 is 9.47 Å². The van der Waals surface area contributed by atoms with Gasteiger partial charge in [0, 0.05) is 23.4 Å². The van der Waals surface area contributed by atoms with Gasteiger partial charge in [0.1, 0.15) is 0 Å². The van der Waals surface area contributed by atoms with Gasteiger partial charge in [-0.1, -0.05) is 23.9 Å². The van der Waals surface area contributed by atoms with Crippen molar-refractivity contribution in [3.05, 3.63) is 63.7 Å². The van der Waals surface area contributed by atoms with Gasteiger partial charge in [0.2, 0.25) is 0 Å². The maximum atomic E-state index is 12.2. The molecule has 0 saturated heterocycles. The third-order valence-electron chi connectivity index (χ3n) is 4.06. The number of nitrogens with zero attached hydrogens (tertiary/aromatic N) is 3. The van der Waals surface area contributed by atoms with E-state index in [-0.39, 0.29) is 17.5 Å². The molecule has 0 unspecified atom stereocenters. The van der Waals surface area contributed by atoms with E-state index in [9.17, 15) is 14.9 Å². The summed E-state index contributed by atoms with van der Waals surface area (Å²) in [4.78, 5) is 22.6. The minimum Gasteiger partial charge on any atom is -0.493 e. The van der Waals surface area contributed by atoms with Gasteiger partial charge in [0.05, 0.1) is 30.9 Å². The molecular weight excluding hydrogens is 382 g/mol. The number of hydrogen-bond acceptors (Lipinski definition) is 7. The molecule has 0 radical (unpaired) electrons. The first kappa shape index (κ1) is 19.7. The quantitative estimate of drug-likeness (QED) is 0.513. The predicted molar refractivity (Wildman–Crippen MR) is 107 cm³/mol. The van der Waals surface area contributed by atoms with Crippen molar-refractivity contribution < 1.29 is 19.2 Å². The molecule has 0 bridgehead atoms. The summed E-state index contributed by atoms with van der Waals surface area (Å²) in [6.07, 6.45) is 0. The fraction of sp³-hybridized carbons (Fsp3) is 0.263. The smallest absolute Gasteiger partial charge is 0.302 e. The summed E-state index contributed by atoms with van der Waals surface area (Å²) in [5.41, 5.74) is 2.35. The Kier molecular flexibility index (Phi) is 6.15. The van der Waals surface area contributed by atoms with Crippen molar-refractivity contribution in [2.24, 2.45) is 5.10 Å². The summed E-state index contributed by atoms with van der Waals surface area (Å²) in [7, 11) is 1.57. The van der Waals surface area contributed by atoms with Crippen molar-refractivity contribution in [2.45, 2.75) is 13.5 Å². The van der Waals surface area contributed by atoms with E-state index in [2.05, 4.69) is 5.10 Å². The van der Waals surface area contributed by atoms with Crippen LogP contribution in [0.5, 0.6) is 11.5 Å². The summed E-state index contributed by atoms with van der Waals surface area (Å²) in [5, 5.41) is 16.5. The number of thioether (sulfide) groups is 1. The van der Waals surface area contributed by atoms with Gasteiger partial charge in [0.15, 0.2) is 11.5 Å². The molecule has 0 N–H and O–H groups in total. The first-order valence-electron chi connectivity index (χ1n) is 8.58. The molecule has 0 spiro atoms. The summed E-state index contributed by atoms with van der Waals surface area (Å²) in [5.74, 6) is 1.70. The minimum absolute atomic E-state index is 0.00812. The Bertz CT molecular complexity index is 914. The van der Waals surface area contributed by atoms with Crippen molar-refractivity contribution in [2.75, 3.05) is 19.5 Å². The van der Waals surface area contributed by atoms with E-state index in [0.717, 1.165) is 28.6 Å². The Labute approximate surface area is 166 Å². The summed E-state index contributed by atoms with van der Waals surface area (Å²) in [6, 6.07) is 11.6. The molecule has 0 atom stereocenters. The summed E-state index contributed by atoms with van der Waals surface area (Å²) < 4.78 is 10.9. The van der Waals surface area contributed by atoms with Crippen molar-refractivity contribution in [1.82, 2.24) is 5.01 Å². The second-order valence-electron chi connectivity index (χ2n) is 5.88. The van der Waals surface area contributed by atoms with E-state index >= 15 is 0 Å². The number of rotatable bonds is 7. The molecule has 0 fully saturated rings. The molecule has 8 nitrogen and oxygen atoms in total. The third kappa shape index (κ3) is 4.42. The van der Waals surface area contributed by atoms with Crippen LogP contribution in [0.1, 0.15) is 18.1 Å². The molecule has 9 heteroatoms. The molecule has 1 heterocycles. The second kappa shape index (κ2) is 8.75. The lowest BCUT2D eigenvalue weighted by atomic mass is 10.1. The number of hydrogen-bond donors (Lipinski definition) is 0. The van der Waals surface area contributed by atoms with Gasteiger partial charge in [-0.15, -0.1) is 0 Å². The number of non-ortho nitro benzene ring substituents is 1. The number of nitro benzene ring substituents is 1. The van der Waals surface area contributed by atoms with Gasteiger partial charge in [-0.3, -0.25) is 14.9 Å². The average Bonchev–Trinajstić information content (AvgIpc) is 2.70. The van der Waals surface area contributed by atoms with E-state index < -0.39 is 4.92 Å². The molecule has 1 aliphatic heterocycles. The van der Waals surface area contributed by atoms with Crippen LogP contribution in [0.15, 0.2) is 47.6 Å². The monoisotopic (exact) mass is 401 g/mol. The lowest BCUT2D eigenvalue weighted by Crippen LogP contribution is -2.29. The SMILES string of the molecule is CCOc1ccc(C2=NN(Cc3ccc([N+](=O)[O-])cc3)C(=O)SC2)cc1OC. The zero-order valence-corrected chi connectivity index (χ0v) is 16.3. The Morgan fingerprint density at radius 1 is 1.21 bits per heavy atom. The fourth-order valence-electron chi connectivity index (χ4n) is 2.68. The van der Waals surface area contributed by atoms with Crippen molar-refractivity contribution in [1.29, 1.82) is 0 Å². The lowest BCUT2D eigenvalue weighted by Gasteiger charge is -2.23. The van der Waals surface area contributed by atoms with Gasteiger partial charge >= 0.3 is 5.24 Å². The van der Waals surface area contributed by atoms with Crippen LogP contribution in [0.25, 0.3) is 0 Å². The minimum atomic E-state index is -0.457.